The van der Waals surface area contributed by atoms with E-state index in [1.54, 1.807) is 0 Å². The number of aryl methyl sites for hydroxylation is 1. The lowest BCUT2D eigenvalue weighted by molar-refractivity contribution is 0.351. The van der Waals surface area contributed by atoms with E-state index in [2.05, 4.69) is 57.0 Å². The van der Waals surface area contributed by atoms with Gasteiger partial charge in [-0.1, -0.05) is 31.5 Å². The zero-order chi connectivity index (χ0) is 12.2. The molecule has 2 heteroatoms. The number of anilines is 1. The first kappa shape index (κ1) is 13.0. The molecule has 0 fully saturated rings. The molecule has 0 aliphatic heterocycles. The summed E-state index contributed by atoms with van der Waals surface area (Å²) < 4.78 is 0. The standard InChI is InChI=1S/C14H24N2/c1-12-5-7-13(8-6-12)16(4)10-9-14(2,3)11-15/h5-8H,9-11,15H2,1-4H3. The molecule has 0 radical (unpaired) electrons. The first-order valence-electron chi connectivity index (χ1n) is 5.92. The van der Waals surface area contributed by atoms with Crippen LogP contribution in [0.3, 0.4) is 0 Å². The Kier molecular flexibility index (Phi) is 4.36. The Bertz CT molecular complexity index is 314. The van der Waals surface area contributed by atoms with Crippen molar-refractivity contribution in [3.05, 3.63) is 29.8 Å². The highest BCUT2D eigenvalue weighted by atomic mass is 15.1. The smallest absolute Gasteiger partial charge is 0.0363 e. The summed E-state index contributed by atoms with van der Waals surface area (Å²) in [5.41, 5.74) is 8.55. The first-order valence-corrected chi connectivity index (χ1v) is 5.92. The number of hydrogen-bond acceptors (Lipinski definition) is 2. The minimum absolute atomic E-state index is 0.235. The predicted molar refractivity (Wildman–Crippen MR) is 71.9 cm³/mol. The van der Waals surface area contributed by atoms with E-state index in [9.17, 15) is 0 Å². The third-order valence-corrected chi connectivity index (χ3v) is 3.15. The van der Waals surface area contributed by atoms with Crippen molar-refractivity contribution in [3.8, 4) is 0 Å². The predicted octanol–water partition coefficient (Wildman–Crippen LogP) is 2.81. The van der Waals surface area contributed by atoms with Gasteiger partial charge in [-0.15, -0.1) is 0 Å². The molecule has 1 rings (SSSR count). The van der Waals surface area contributed by atoms with Crippen LogP contribution < -0.4 is 10.6 Å². The second-order valence-corrected chi connectivity index (χ2v) is 5.38. The van der Waals surface area contributed by atoms with Gasteiger partial charge in [0.15, 0.2) is 0 Å². The van der Waals surface area contributed by atoms with Crippen molar-refractivity contribution in [1.29, 1.82) is 0 Å². The van der Waals surface area contributed by atoms with Gasteiger partial charge < -0.3 is 10.6 Å². The lowest BCUT2D eigenvalue weighted by atomic mass is 9.89. The fraction of sp³-hybridized carbons (Fsp3) is 0.571. The Labute approximate surface area is 99.5 Å². The topological polar surface area (TPSA) is 29.3 Å². The highest BCUT2D eigenvalue weighted by molar-refractivity contribution is 5.46. The van der Waals surface area contributed by atoms with Crippen LogP contribution in [0, 0.1) is 12.3 Å². The van der Waals surface area contributed by atoms with E-state index in [1.807, 2.05) is 0 Å². The number of benzene rings is 1. The average molecular weight is 220 g/mol. The zero-order valence-electron chi connectivity index (χ0n) is 11.0. The van der Waals surface area contributed by atoms with Crippen LogP contribution in [0.1, 0.15) is 25.8 Å². The van der Waals surface area contributed by atoms with Gasteiger partial charge in [0, 0.05) is 19.3 Å². The zero-order valence-corrected chi connectivity index (χ0v) is 11.0. The molecule has 0 amide bonds. The molecule has 0 aromatic heterocycles. The summed E-state index contributed by atoms with van der Waals surface area (Å²) in [7, 11) is 2.14. The molecule has 0 bridgehead atoms. The number of nitrogens with two attached hydrogens (primary N) is 1. The van der Waals surface area contributed by atoms with Crippen molar-refractivity contribution in [1.82, 2.24) is 0 Å². The quantitative estimate of drug-likeness (QED) is 0.826. The number of rotatable bonds is 5. The molecule has 2 nitrogen and oxygen atoms in total. The molecule has 1 aromatic rings. The second kappa shape index (κ2) is 5.35. The maximum Gasteiger partial charge on any atom is 0.0363 e. The third-order valence-electron chi connectivity index (χ3n) is 3.15. The average Bonchev–Trinajstić information content (AvgIpc) is 2.27. The normalized spacial score (nSPS) is 11.6. The molecule has 0 unspecified atom stereocenters. The third kappa shape index (κ3) is 3.86. The maximum absolute atomic E-state index is 5.73. The molecule has 16 heavy (non-hydrogen) atoms. The Morgan fingerprint density at radius 2 is 1.75 bits per heavy atom. The van der Waals surface area contributed by atoms with Gasteiger partial charge in [0.2, 0.25) is 0 Å². The Balaban J connectivity index is 2.53. The van der Waals surface area contributed by atoms with Gasteiger partial charge >= 0.3 is 0 Å². The van der Waals surface area contributed by atoms with Crippen LogP contribution in [0.5, 0.6) is 0 Å². The summed E-state index contributed by atoms with van der Waals surface area (Å²) in [5, 5.41) is 0. The van der Waals surface area contributed by atoms with E-state index in [0.717, 1.165) is 19.5 Å². The molecule has 90 valence electrons. The molecule has 0 atom stereocenters. The van der Waals surface area contributed by atoms with Gasteiger partial charge in [-0.25, -0.2) is 0 Å². The van der Waals surface area contributed by atoms with Crippen LogP contribution in [-0.2, 0) is 0 Å². The second-order valence-electron chi connectivity index (χ2n) is 5.38. The molecule has 0 saturated heterocycles. The lowest BCUT2D eigenvalue weighted by Crippen LogP contribution is -2.29. The van der Waals surface area contributed by atoms with E-state index in [0.29, 0.717) is 0 Å². The van der Waals surface area contributed by atoms with Crippen LogP contribution in [0.2, 0.25) is 0 Å². The molecular formula is C14H24N2. The van der Waals surface area contributed by atoms with E-state index in [1.165, 1.54) is 11.3 Å². The van der Waals surface area contributed by atoms with Crippen molar-refractivity contribution < 1.29 is 0 Å². The summed E-state index contributed by atoms with van der Waals surface area (Å²) in [4.78, 5) is 2.29. The molecule has 0 aliphatic rings. The fourth-order valence-corrected chi connectivity index (χ4v) is 1.50. The highest BCUT2D eigenvalue weighted by Gasteiger charge is 2.16. The van der Waals surface area contributed by atoms with E-state index in [-0.39, 0.29) is 5.41 Å². The van der Waals surface area contributed by atoms with Crippen LogP contribution in [-0.4, -0.2) is 20.1 Å². The molecule has 1 aromatic carbocycles. The van der Waals surface area contributed by atoms with Gasteiger partial charge in [-0.3, -0.25) is 0 Å². The van der Waals surface area contributed by atoms with Gasteiger partial charge in [0.05, 0.1) is 0 Å². The monoisotopic (exact) mass is 220 g/mol. The van der Waals surface area contributed by atoms with Crippen molar-refractivity contribution in [2.75, 3.05) is 25.0 Å². The van der Waals surface area contributed by atoms with Crippen LogP contribution >= 0.6 is 0 Å². The molecule has 0 spiro atoms. The Morgan fingerprint density at radius 3 is 2.25 bits per heavy atom. The summed E-state index contributed by atoms with van der Waals surface area (Å²) in [6.45, 7) is 8.34. The summed E-state index contributed by atoms with van der Waals surface area (Å²) in [5.74, 6) is 0. The van der Waals surface area contributed by atoms with Gasteiger partial charge in [-0.05, 0) is 37.4 Å². The van der Waals surface area contributed by atoms with E-state index >= 15 is 0 Å². The number of nitrogens with zero attached hydrogens (tertiary/aromatic N) is 1. The summed E-state index contributed by atoms with van der Waals surface area (Å²) in [6, 6.07) is 8.65. The van der Waals surface area contributed by atoms with E-state index < -0.39 is 0 Å². The first-order chi connectivity index (χ1) is 7.44. The van der Waals surface area contributed by atoms with Crippen molar-refractivity contribution >= 4 is 5.69 Å². The molecule has 0 saturated carbocycles. The maximum atomic E-state index is 5.73. The van der Waals surface area contributed by atoms with Crippen LogP contribution in [0.25, 0.3) is 0 Å². The SMILES string of the molecule is Cc1ccc(N(C)CCC(C)(C)CN)cc1. The lowest BCUT2D eigenvalue weighted by Gasteiger charge is -2.27. The largest absolute Gasteiger partial charge is 0.375 e. The molecule has 2 N–H and O–H groups in total. The molecule has 0 heterocycles. The van der Waals surface area contributed by atoms with Gasteiger partial charge in [0.1, 0.15) is 0 Å². The summed E-state index contributed by atoms with van der Waals surface area (Å²) in [6.07, 6.45) is 1.12. The van der Waals surface area contributed by atoms with E-state index in [4.69, 9.17) is 5.73 Å². The number of hydrogen-bond donors (Lipinski definition) is 1. The van der Waals surface area contributed by atoms with Gasteiger partial charge in [0.25, 0.3) is 0 Å². The van der Waals surface area contributed by atoms with Crippen molar-refractivity contribution in [2.24, 2.45) is 11.1 Å². The molecule has 0 aliphatic carbocycles. The van der Waals surface area contributed by atoms with Gasteiger partial charge in [-0.2, -0.15) is 0 Å². The Hall–Kier alpha value is -1.02. The highest BCUT2D eigenvalue weighted by Crippen LogP contribution is 2.20. The minimum atomic E-state index is 0.235. The molecular weight excluding hydrogens is 196 g/mol. The minimum Gasteiger partial charge on any atom is -0.375 e. The van der Waals surface area contributed by atoms with Crippen LogP contribution in [0.4, 0.5) is 5.69 Å². The Morgan fingerprint density at radius 1 is 1.19 bits per heavy atom. The van der Waals surface area contributed by atoms with Crippen molar-refractivity contribution in [2.45, 2.75) is 27.2 Å². The fourth-order valence-electron chi connectivity index (χ4n) is 1.50. The van der Waals surface area contributed by atoms with Crippen LogP contribution in [0.15, 0.2) is 24.3 Å². The summed E-state index contributed by atoms with van der Waals surface area (Å²) >= 11 is 0. The van der Waals surface area contributed by atoms with Crippen molar-refractivity contribution in [3.63, 3.8) is 0 Å².